The van der Waals surface area contributed by atoms with E-state index in [1.807, 2.05) is 0 Å². The normalized spacial score (nSPS) is 11.4. The Balaban J connectivity index is 2.55. The van der Waals surface area contributed by atoms with Crippen molar-refractivity contribution < 1.29 is 17.5 Å². The van der Waals surface area contributed by atoms with Crippen molar-refractivity contribution in [2.75, 3.05) is 17.2 Å². The van der Waals surface area contributed by atoms with Crippen LogP contribution in [-0.4, -0.2) is 22.9 Å². The van der Waals surface area contributed by atoms with Crippen molar-refractivity contribution in [3.63, 3.8) is 0 Å². The van der Waals surface area contributed by atoms with Crippen LogP contribution in [0.3, 0.4) is 0 Å². The lowest BCUT2D eigenvalue weighted by atomic mass is 10.3. The minimum Gasteiger partial charge on any atom is -0.351 e. The molecule has 0 aliphatic carbocycles. The average Bonchev–Trinajstić information content (AvgIpc) is 2.27. The highest BCUT2D eigenvalue weighted by atomic mass is 32.2. The summed E-state index contributed by atoms with van der Waals surface area (Å²) in [6.45, 7) is 0. The van der Waals surface area contributed by atoms with E-state index in [0.29, 0.717) is 5.69 Å². The number of anilines is 3. The second-order valence-corrected chi connectivity index (χ2v) is 5.02. The number of hydrogen-bond acceptors (Lipinski definition) is 7. The van der Waals surface area contributed by atoms with Gasteiger partial charge >= 0.3 is 17.8 Å². The third-order valence-electron chi connectivity index (χ3n) is 2.31. The summed E-state index contributed by atoms with van der Waals surface area (Å²) in [5, 5.41) is 0. The summed E-state index contributed by atoms with van der Waals surface area (Å²) >= 11 is 0. The fourth-order valence-electron chi connectivity index (χ4n) is 1.51. The molecule has 100 valence electrons. The van der Waals surface area contributed by atoms with Crippen LogP contribution in [0.4, 0.5) is 17.8 Å². The van der Waals surface area contributed by atoms with Gasteiger partial charge in [-0.1, -0.05) is 9.97 Å². The largest absolute Gasteiger partial charge is 0.351 e. The quantitative estimate of drug-likeness (QED) is 0.392. The number of hydrogen-bond donors (Lipinski definition) is 4. The molecule has 0 spiro atoms. The van der Waals surface area contributed by atoms with Crippen LogP contribution in [0.25, 0.3) is 5.69 Å². The number of aromatic nitrogens is 3. The van der Waals surface area contributed by atoms with Crippen molar-refractivity contribution in [3.05, 3.63) is 24.3 Å². The highest BCUT2D eigenvalue weighted by molar-refractivity contribution is 7.85. The molecule has 0 bridgehead atoms. The van der Waals surface area contributed by atoms with Gasteiger partial charge < -0.3 is 17.2 Å². The first-order valence-corrected chi connectivity index (χ1v) is 6.41. The Morgan fingerprint density at radius 2 is 1.47 bits per heavy atom. The molecule has 19 heavy (non-hydrogen) atoms. The molecular formula is C9H11N6O3S+. The molecule has 1 heterocycles. The van der Waals surface area contributed by atoms with Crippen LogP contribution in [-0.2, 0) is 10.1 Å². The Hall–Kier alpha value is -2.46. The first-order chi connectivity index (χ1) is 8.79. The Labute approximate surface area is 108 Å². The van der Waals surface area contributed by atoms with E-state index in [0.717, 1.165) is 0 Å². The molecule has 1 aromatic heterocycles. The number of nitrogens with two attached hydrogens (primary N) is 3. The minimum absolute atomic E-state index is 0.00426. The Morgan fingerprint density at radius 1 is 1.00 bits per heavy atom. The molecule has 2 aromatic rings. The first-order valence-electron chi connectivity index (χ1n) is 4.97. The van der Waals surface area contributed by atoms with Crippen molar-refractivity contribution >= 4 is 28.0 Å². The van der Waals surface area contributed by atoms with Crippen LogP contribution >= 0.6 is 0 Å². The second-order valence-electron chi connectivity index (χ2n) is 3.60. The highest BCUT2D eigenvalue weighted by Crippen LogP contribution is 2.12. The molecule has 2 rings (SSSR count). The Morgan fingerprint density at radius 3 is 1.89 bits per heavy atom. The summed E-state index contributed by atoms with van der Waals surface area (Å²) in [4.78, 5) is 7.24. The maximum atomic E-state index is 10.9. The van der Waals surface area contributed by atoms with E-state index in [9.17, 15) is 8.42 Å². The zero-order chi connectivity index (χ0) is 14.2. The van der Waals surface area contributed by atoms with E-state index in [1.165, 1.54) is 28.8 Å². The van der Waals surface area contributed by atoms with Gasteiger partial charge in [0, 0.05) is 0 Å². The standard InChI is InChI=1S/C9H10N6O3S/c10-7-13-8(11)15(9(12)14-7)5-1-3-6(4-2-5)19(16,17)18/h1-4H,(H6,10,11,12,13,14,16,17,18)/p+1. The fourth-order valence-corrected chi connectivity index (χ4v) is 1.99. The van der Waals surface area contributed by atoms with Crippen molar-refractivity contribution in [1.29, 1.82) is 0 Å². The molecule has 0 saturated heterocycles. The topological polar surface area (TPSA) is 162 Å². The summed E-state index contributed by atoms with van der Waals surface area (Å²) in [6, 6.07) is 5.20. The molecule has 1 aromatic carbocycles. The smallest absolute Gasteiger partial charge is 0.327 e. The second kappa shape index (κ2) is 4.33. The molecule has 7 N–H and O–H groups in total. The predicted molar refractivity (Wildman–Crippen MR) is 66.6 cm³/mol. The number of nitrogen functional groups attached to an aromatic ring is 3. The molecule has 9 nitrogen and oxygen atoms in total. The lowest BCUT2D eigenvalue weighted by Crippen LogP contribution is -2.40. The van der Waals surface area contributed by atoms with Crippen molar-refractivity contribution in [3.8, 4) is 5.69 Å². The molecule has 0 aliphatic heterocycles. The van der Waals surface area contributed by atoms with Crippen LogP contribution in [0.2, 0.25) is 0 Å². The highest BCUT2D eigenvalue weighted by Gasteiger charge is 2.16. The van der Waals surface area contributed by atoms with E-state index in [4.69, 9.17) is 21.8 Å². The zero-order valence-corrected chi connectivity index (χ0v) is 10.4. The van der Waals surface area contributed by atoms with Gasteiger partial charge in [0.1, 0.15) is 0 Å². The van der Waals surface area contributed by atoms with Gasteiger partial charge in [-0.15, -0.1) is 0 Å². The lowest BCUT2D eigenvalue weighted by molar-refractivity contribution is -0.570. The molecule has 10 heteroatoms. The van der Waals surface area contributed by atoms with Gasteiger partial charge in [0.2, 0.25) is 0 Å². The maximum absolute atomic E-state index is 10.9. The number of nitrogens with zero attached hydrogens (tertiary/aromatic N) is 3. The summed E-state index contributed by atoms with van der Waals surface area (Å²) in [7, 11) is -4.25. The third kappa shape index (κ3) is 2.53. The molecule has 0 aliphatic rings. The van der Waals surface area contributed by atoms with Crippen molar-refractivity contribution in [2.24, 2.45) is 0 Å². The Bertz CT molecular complexity index is 705. The average molecular weight is 283 g/mol. The summed E-state index contributed by atoms with van der Waals surface area (Å²) in [6.07, 6.45) is 0. The molecule has 0 atom stereocenters. The van der Waals surface area contributed by atoms with E-state index in [-0.39, 0.29) is 22.7 Å². The van der Waals surface area contributed by atoms with Crippen LogP contribution in [0.5, 0.6) is 0 Å². The monoisotopic (exact) mass is 283 g/mol. The van der Waals surface area contributed by atoms with Crippen molar-refractivity contribution in [2.45, 2.75) is 4.90 Å². The van der Waals surface area contributed by atoms with E-state index in [2.05, 4.69) is 9.97 Å². The molecule has 0 unspecified atom stereocenters. The zero-order valence-electron chi connectivity index (χ0n) is 9.56. The third-order valence-corrected chi connectivity index (χ3v) is 3.18. The Kier molecular flexibility index (Phi) is 2.96. The van der Waals surface area contributed by atoms with Crippen LogP contribution in [0.15, 0.2) is 29.2 Å². The van der Waals surface area contributed by atoms with Gasteiger partial charge in [-0.3, -0.25) is 4.55 Å². The number of benzene rings is 1. The predicted octanol–water partition coefficient (Wildman–Crippen LogP) is -1.25. The van der Waals surface area contributed by atoms with Crippen LogP contribution < -0.4 is 21.8 Å². The van der Waals surface area contributed by atoms with Gasteiger partial charge in [0.25, 0.3) is 10.1 Å². The van der Waals surface area contributed by atoms with Gasteiger partial charge in [-0.05, 0) is 24.3 Å². The van der Waals surface area contributed by atoms with Gasteiger partial charge in [0.15, 0.2) is 0 Å². The summed E-state index contributed by atoms with van der Waals surface area (Å²) < 4.78 is 32.0. The van der Waals surface area contributed by atoms with Crippen LogP contribution in [0.1, 0.15) is 0 Å². The van der Waals surface area contributed by atoms with Gasteiger partial charge in [0.05, 0.1) is 10.6 Å². The lowest BCUT2D eigenvalue weighted by Gasteiger charge is -2.06. The number of rotatable bonds is 2. The van der Waals surface area contributed by atoms with Crippen molar-refractivity contribution in [1.82, 2.24) is 9.97 Å². The van der Waals surface area contributed by atoms with Gasteiger partial charge in [-0.25, -0.2) is 0 Å². The first kappa shape index (κ1) is 13.0. The summed E-state index contributed by atoms with van der Waals surface area (Å²) in [5.41, 5.74) is 17.1. The molecular weight excluding hydrogens is 272 g/mol. The molecule has 0 radical (unpaired) electrons. The molecule has 0 amide bonds. The minimum atomic E-state index is -4.25. The fraction of sp³-hybridized carbons (Fsp3) is 0. The van der Waals surface area contributed by atoms with E-state index < -0.39 is 10.1 Å². The van der Waals surface area contributed by atoms with E-state index in [1.54, 1.807) is 0 Å². The summed E-state index contributed by atoms with van der Waals surface area (Å²) in [5.74, 6) is -0.0602. The molecule has 0 fully saturated rings. The van der Waals surface area contributed by atoms with Crippen LogP contribution in [0, 0.1) is 0 Å². The SMILES string of the molecule is Nc1nc(N)[n+](-c2ccc(S(=O)(=O)O)cc2)c(N)n1. The maximum Gasteiger partial charge on any atom is 0.327 e. The van der Waals surface area contributed by atoms with Gasteiger partial charge in [-0.2, -0.15) is 13.0 Å². The van der Waals surface area contributed by atoms with E-state index >= 15 is 0 Å². The molecule has 0 saturated carbocycles.